The lowest BCUT2D eigenvalue weighted by Crippen LogP contribution is -2.66. The SMILES string of the molecule is COc1ccc(/C=C/[Si](c2ccccc2)(c2ccccc2)c2ccccc2)cc1. The highest BCUT2D eigenvalue weighted by atomic mass is 28.3. The van der Waals surface area contributed by atoms with Gasteiger partial charge in [-0.2, -0.15) is 0 Å². The van der Waals surface area contributed by atoms with E-state index in [1.807, 2.05) is 12.1 Å². The Morgan fingerprint density at radius 3 is 1.34 bits per heavy atom. The lowest BCUT2D eigenvalue weighted by molar-refractivity contribution is 0.415. The van der Waals surface area contributed by atoms with Crippen LogP contribution in [0.3, 0.4) is 0 Å². The molecule has 0 aromatic heterocycles. The summed E-state index contributed by atoms with van der Waals surface area (Å²) in [5.41, 5.74) is 3.62. The summed E-state index contributed by atoms with van der Waals surface area (Å²) in [6.45, 7) is 0. The average molecular weight is 393 g/mol. The molecule has 0 aliphatic rings. The molecule has 0 spiro atoms. The van der Waals surface area contributed by atoms with E-state index in [4.69, 9.17) is 4.74 Å². The topological polar surface area (TPSA) is 9.23 Å². The fourth-order valence-electron chi connectivity index (χ4n) is 3.83. The van der Waals surface area contributed by atoms with Crippen LogP contribution in [0.2, 0.25) is 0 Å². The van der Waals surface area contributed by atoms with Gasteiger partial charge in [-0.3, -0.25) is 0 Å². The monoisotopic (exact) mass is 392 g/mol. The third kappa shape index (κ3) is 3.94. The zero-order chi connectivity index (χ0) is 19.9. The van der Waals surface area contributed by atoms with Gasteiger partial charge in [0.05, 0.1) is 7.11 Å². The zero-order valence-corrected chi connectivity index (χ0v) is 17.5. The lowest BCUT2D eigenvalue weighted by atomic mass is 10.2. The highest BCUT2D eigenvalue weighted by Crippen LogP contribution is 2.15. The van der Waals surface area contributed by atoms with Crippen molar-refractivity contribution in [2.75, 3.05) is 7.11 Å². The smallest absolute Gasteiger partial charge is 0.172 e. The molecule has 4 rings (SSSR count). The van der Waals surface area contributed by atoms with Crippen LogP contribution in [0.4, 0.5) is 0 Å². The Morgan fingerprint density at radius 2 is 0.966 bits per heavy atom. The Bertz CT molecular complexity index is 959. The Balaban J connectivity index is 1.93. The Morgan fingerprint density at radius 1 is 0.552 bits per heavy atom. The standard InChI is InChI=1S/C27H24OSi/c1-28-24-19-17-23(18-20-24)21-22-29(25-11-5-2-6-12-25,26-13-7-3-8-14-26)27-15-9-4-10-16-27/h2-22H,1H3/b22-21+. The minimum atomic E-state index is -2.34. The summed E-state index contributed by atoms with van der Waals surface area (Å²) >= 11 is 0. The second-order valence-electron chi connectivity index (χ2n) is 7.01. The van der Waals surface area contributed by atoms with Crippen molar-refractivity contribution in [3.05, 3.63) is 127 Å². The Kier molecular flexibility index (Phi) is 5.73. The second kappa shape index (κ2) is 8.76. The highest BCUT2D eigenvalue weighted by molar-refractivity contribution is 7.15. The quantitative estimate of drug-likeness (QED) is 0.349. The lowest BCUT2D eigenvalue weighted by Gasteiger charge is -2.30. The summed E-state index contributed by atoms with van der Waals surface area (Å²) in [6.07, 6.45) is 2.26. The summed E-state index contributed by atoms with van der Waals surface area (Å²) < 4.78 is 5.31. The first-order chi connectivity index (χ1) is 14.3. The van der Waals surface area contributed by atoms with Gasteiger partial charge in [-0.25, -0.2) is 0 Å². The number of hydrogen-bond donors (Lipinski definition) is 0. The molecule has 0 radical (unpaired) electrons. The normalized spacial score (nSPS) is 11.5. The maximum atomic E-state index is 5.31. The van der Waals surface area contributed by atoms with E-state index in [0.29, 0.717) is 0 Å². The van der Waals surface area contributed by atoms with E-state index in [2.05, 4.69) is 115 Å². The molecule has 0 saturated heterocycles. The van der Waals surface area contributed by atoms with E-state index in [9.17, 15) is 0 Å². The van der Waals surface area contributed by atoms with Crippen molar-refractivity contribution in [2.24, 2.45) is 0 Å². The van der Waals surface area contributed by atoms with Gasteiger partial charge >= 0.3 is 0 Å². The van der Waals surface area contributed by atoms with Gasteiger partial charge in [0.25, 0.3) is 0 Å². The number of ether oxygens (including phenoxy) is 1. The van der Waals surface area contributed by atoms with Crippen molar-refractivity contribution in [1.82, 2.24) is 0 Å². The molecule has 0 saturated carbocycles. The molecule has 29 heavy (non-hydrogen) atoms. The van der Waals surface area contributed by atoms with E-state index in [1.54, 1.807) is 7.11 Å². The molecule has 4 aromatic rings. The molecule has 142 valence electrons. The predicted octanol–water partition coefficient (Wildman–Crippen LogP) is 4.42. The predicted molar refractivity (Wildman–Crippen MR) is 126 cm³/mol. The van der Waals surface area contributed by atoms with Crippen molar-refractivity contribution in [3.63, 3.8) is 0 Å². The van der Waals surface area contributed by atoms with Gasteiger partial charge in [-0.05, 0) is 33.3 Å². The molecule has 4 aromatic carbocycles. The Labute approximate surface area is 174 Å². The number of rotatable bonds is 6. The van der Waals surface area contributed by atoms with Crippen LogP contribution in [0.1, 0.15) is 5.56 Å². The van der Waals surface area contributed by atoms with Gasteiger partial charge in [0, 0.05) is 0 Å². The molecule has 0 aliphatic heterocycles. The Hall–Kier alpha value is -3.36. The van der Waals surface area contributed by atoms with Gasteiger partial charge in [-0.15, -0.1) is 0 Å². The molecular weight excluding hydrogens is 368 g/mol. The molecule has 0 heterocycles. The maximum Gasteiger partial charge on any atom is 0.172 e. The van der Waals surface area contributed by atoms with E-state index in [1.165, 1.54) is 21.1 Å². The number of benzene rings is 4. The van der Waals surface area contributed by atoms with Gasteiger partial charge in [-0.1, -0.05) is 115 Å². The van der Waals surface area contributed by atoms with Gasteiger partial charge in [0.1, 0.15) is 5.75 Å². The first-order valence-electron chi connectivity index (χ1n) is 9.83. The van der Waals surface area contributed by atoms with Crippen molar-refractivity contribution in [1.29, 1.82) is 0 Å². The summed E-state index contributed by atoms with van der Waals surface area (Å²) in [5.74, 6) is 0.875. The zero-order valence-electron chi connectivity index (χ0n) is 16.5. The van der Waals surface area contributed by atoms with Crippen LogP contribution >= 0.6 is 0 Å². The average Bonchev–Trinajstić information content (AvgIpc) is 2.82. The summed E-state index contributed by atoms with van der Waals surface area (Å²) in [5, 5.41) is 4.13. The minimum Gasteiger partial charge on any atom is -0.497 e. The summed E-state index contributed by atoms with van der Waals surface area (Å²) in [6, 6.07) is 41.0. The van der Waals surface area contributed by atoms with Crippen LogP contribution in [0.15, 0.2) is 121 Å². The third-order valence-electron chi connectivity index (χ3n) is 5.33. The first kappa shape index (κ1) is 19.0. The molecule has 2 heteroatoms. The van der Waals surface area contributed by atoms with Crippen molar-refractivity contribution in [2.45, 2.75) is 0 Å². The highest BCUT2D eigenvalue weighted by Gasteiger charge is 2.36. The van der Waals surface area contributed by atoms with Crippen molar-refractivity contribution < 1.29 is 4.74 Å². The molecule has 0 unspecified atom stereocenters. The molecular formula is C27H24OSi. The first-order valence-corrected chi connectivity index (χ1v) is 11.9. The molecule has 1 nitrogen and oxygen atoms in total. The molecule has 0 amide bonds. The second-order valence-corrected chi connectivity index (χ2v) is 10.7. The van der Waals surface area contributed by atoms with E-state index in [0.717, 1.165) is 5.75 Å². The number of methoxy groups -OCH3 is 1. The van der Waals surface area contributed by atoms with Crippen LogP contribution in [0.25, 0.3) is 6.08 Å². The van der Waals surface area contributed by atoms with Crippen molar-refractivity contribution >= 4 is 29.7 Å². The van der Waals surface area contributed by atoms with Crippen LogP contribution in [-0.2, 0) is 0 Å². The molecule has 0 N–H and O–H groups in total. The molecule has 0 atom stereocenters. The van der Waals surface area contributed by atoms with Gasteiger partial charge < -0.3 is 4.74 Å². The largest absolute Gasteiger partial charge is 0.497 e. The fraction of sp³-hybridized carbons (Fsp3) is 0.0370. The van der Waals surface area contributed by atoms with Crippen molar-refractivity contribution in [3.8, 4) is 5.75 Å². The summed E-state index contributed by atoms with van der Waals surface area (Å²) in [4.78, 5) is 0. The van der Waals surface area contributed by atoms with Gasteiger partial charge in [0.2, 0.25) is 0 Å². The van der Waals surface area contributed by atoms with Crippen LogP contribution in [0, 0.1) is 0 Å². The third-order valence-corrected chi connectivity index (χ3v) is 9.73. The van der Waals surface area contributed by atoms with Crippen LogP contribution < -0.4 is 20.3 Å². The number of hydrogen-bond acceptors (Lipinski definition) is 1. The fourth-order valence-corrected chi connectivity index (χ4v) is 8.00. The van der Waals surface area contributed by atoms with Gasteiger partial charge in [0.15, 0.2) is 8.07 Å². The molecule has 0 bridgehead atoms. The van der Waals surface area contributed by atoms with Crippen LogP contribution in [0.5, 0.6) is 5.75 Å². The van der Waals surface area contributed by atoms with E-state index in [-0.39, 0.29) is 0 Å². The van der Waals surface area contributed by atoms with E-state index < -0.39 is 8.07 Å². The van der Waals surface area contributed by atoms with E-state index >= 15 is 0 Å². The maximum absolute atomic E-state index is 5.31. The molecule has 0 aliphatic carbocycles. The summed E-state index contributed by atoms with van der Waals surface area (Å²) in [7, 11) is -0.643. The minimum absolute atomic E-state index is 0.875. The molecule has 0 fully saturated rings. The van der Waals surface area contributed by atoms with Crippen LogP contribution in [-0.4, -0.2) is 15.2 Å².